The second-order valence-corrected chi connectivity index (χ2v) is 6.30. The molecule has 4 heteroatoms. The maximum Gasteiger partial charge on any atom is 0.0474 e. The Balaban J connectivity index is 2.15. The Bertz CT molecular complexity index is 582. The van der Waals surface area contributed by atoms with Gasteiger partial charge < -0.3 is 10.6 Å². The molecular weight excluding hydrogens is 336 g/mol. The highest BCUT2D eigenvalue weighted by atomic mass is 79.9. The lowest BCUT2D eigenvalue weighted by Crippen LogP contribution is -2.16. The first-order valence-corrected chi connectivity index (χ1v) is 7.65. The van der Waals surface area contributed by atoms with E-state index < -0.39 is 0 Å². The van der Waals surface area contributed by atoms with E-state index in [-0.39, 0.29) is 6.04 Å². The molecule has 0 amide bonds. The van der Waals surface area contributed by atoms with Crippen LogP contribution in [0.4, 0.5) is 5.69 Å². The first kappa shape index (κ1) is 15.4. The van der Waals surface area contributed by atoms with Crippen molar-refractivity contribution >= 4 is 33.2 Å². The van der Waals surface area contributed by atoms with Crippen molar-refractivity contribution in [3.05, 3.63) is 63.1 Å². The predicted molar refractivity (Wildman–Crippen MR) is 90.3 cm³/mol. The quantitative estimate of drug-likeness (QED) is 0.858. The molecule has 2 N–H and O–H groups in total. The molecule has 2 aromatic rings. The minimum atomic E-state index is -0.0478. The fourth-order valence-corrected chi connectivity index (χ4v) is 2.69. The van der Waals surface area contributed by atoms with E-state index in [9.17, 15) is 0 Å². The molecule has 0 fully saturated rings. The molecule has 2 nitrogen and oxygen atoms in total. The van der Waals surface area contributed by atoms with E-state index in [4.69, 9.17) is 17.3 Å². The lowest BCUT2D eigenvalue weighted by atomic mass is 10.1. The zero-order valence-corrected chi connectivity index (χ0v) is 13.9. The summed E-state index contributed by atoms with van der Waals surface area (Å²) in [6.07, 6.45) is 0. The molecule has 0 saturated carbocycles. The molecule has 106 valence electrons. The Morgan fingerprint density at radius 3 is 2.40 bits per heavy atom. The summed E-state index contributed by atoms with van der Waals surface area (Å²) >= 11 is 9.72. The van der Waals surface area contributed by atoms with E-state index in [0.29, 0.717) is 0 Å². The van der Waals surface area contributed by atoms with Crippen LogP contribution in [-0.4, -0.2) is 7.05 Å². The smallest absolute Gasteiger partial charge is 0.0474 e. The van der Waals surface area contributed by atoms with Crippen LogP contribution in [0.25, 0.3) is 0 Å². The zero-order valence-electron chi connectivity index (χ0n) is 11.6. The van der Waals surface area contributed by atoms with Crippen LogP contribution in [-0.2, 0) is 6.54 Å². The number of nitrogens with zero attached hydrogens (tertiary/aromatic N) is 1. The average Bonchev–Trinajstić information content (AvgIpc) is 2.40. The average molecular weight is 354 g/mol. The van der Waals surface area contributed by atoms with Crippen LogP contribution < -0.4 is 10.6 Å². The minimum Gasteiger partial charge on any atom is -0.370 e. The summed E-state index contributed by atoms with van der Waals surface area (Å²) in [5.74, 6) is 0. The molecule has 0 aliphatic heterocycles. The van der Waals surface area contributed by atoms with Crippen LogP contribution in [0.5, 0.6) is 0 Å². The number of hydrogen-bond donors (Lipinski definition) is 1. The highest BCUT2D eigenvalue weighted by molar-refractivity contribution is 9.10. The molecule has 1 unspecified atom stereocenters. The number of benzene rings is 2. The van der Waals surface area contributed by atoms with Crippen molar-refractivity contribution in [1.29, 1.82) is 0 Å². The zero-order chi connectivity index (χ0) is 14.7. The van der Waals surface area contributed by atoms with Crippen LogP contribution >= 0.6 is 27.5 Å². The second kappa shape index (κ2) is 6.61. The first-order chi connectivity index (χ1) is 9.47. The summed E-state index contributed by atoms with van der Waals surface area (Å²) in [5.41, 5.74) is 9.19. The molecule has 2 aromatic carbocycles. The lowest BCUT2D eigenvalue weighted by molar-refractivity contribution is 0.817. The molecular formula is C16H18BrClN2. The highest BCUT2D eigenvalue weighted by Gasteiger charge is 2.08. The van der Waals surface area contributed by atoms with Crippen LogP contribution in [0.2, 0.25) is 5.02 Å². The van der Waals surface area contributed by atoms with E-state index in [2.05, 4.69) is 58.2 Å². The van der Waals surface area contributed by atoms with Crippen molar-refractivity contribution < 1.29 is 0 Å². The Morgan fingerprint density at radius 2 is 1.85 bits per heavy atom. The van der Waals surface area contributed by atoms with Crippen LogP contribution in [0.3, 0.4) is 0 Å². The van der Waals surface area contributed by atoms with Gasteiger partial charge in [-0.1, -0.05) is 45.7 Å². The van der Waals surface area contributed by atoms with E-state index in [1.54, 1.807) is 0 Å². The van der Waals surface area contributed by atoms with Gasteiger partial charge >= 0.3 is 0 Å². The Kier molecular flexibility index (Phi) is 5.08. The van der Waals surface area contributed by atoms with Crippen LogP contribution in [0.15, 0.2) is 46.9 Å². The van der Waals surface area contributed by atoms with Crippen molar-refractivity contribution in [2.45, 2.75) is 19.5 Å². The van der Waals surface area contributed by atoms with E-state index >= 15 is 0 Å². The van der Waals surface area contributed by atoms with Gasteiger partial charge in [0.2, 0.25) is 0 Å². The summed E-state index contributed by atoms with van der Waals surface area (Å²) in [6, 6.07) is 14.3. The fraction of sp³-hybridized carbons (Fsp3) is 0.250. The van der Waals surface area contributed by atoms with Crippen LogP contribution in [0, 0.1) is 0 Å². The van der Waals surface area contributed by atoms with Crippen molar-refractivity contribution in [2.75, 3.05) is 11.9 Å². The van der Waals surface area contributed by atoms with Gasteiger partial charge in [0.05, 0.1) is 0 Å². The van der Waals surface area contributed by atoms with Gasteiger partial charge in [0.25, 0.3) is 0 Å². The van der Waals surface area contributed by atoms with Gasteiger partial charge in [0.15, 0.2) is 0 Å². The number of nitrogens with two attached hydrogens (primary N) is 1. The maximum atomic E-state index is 6.28. The summed E-state index contributed by atoms with van der Waals surface area (Å²) in [4.78, 5) is 2.17. The van der Waals surface area contributed by atoms with Gasteiger partial charge in [-0.25, -0.2) is 0 Å². The van der Waals surface area contributed by atoms with Gasteiger partial charge in [-0.2, -0.15) is 0 Å². The monoisotopic (exact) mass is 352 g/mol. The number of anilines is 1. The van der Waals surface area contributed by atoms with Crippen molar-refractivity contribution in [3.8, 4) is 0 Å². The van der Waals surface area contributed by atoms with Gasteiger partial charge in [0.1, 0.15) is 0 Å². The number of halogens is 2. The van der Waals surface area contributed by atoms with E-state index in [1.807, 2.05) is 19.1 Å². The molecule has 2 rings (SSSR count). The molecule has 0 aliphatic carbocycles. The third kappa shape index (κ3) is 3.75. The van der Waals surface area contributed by atoms with Crippen molar-refractivity contribution in [3.63, 3.8) is 0 Å². The second-order valence-electron chi connectivity index (χ2n) is 4.98. The number of hydrogen-bond acceptors (Lipinski definition) is 2. The van der Waals surface area contributed by atoms with Gasteiger partial charge in [-0.3, -0.25) is 0 Å². The first-order valence-electron chi connectivity index (χ1n) is 6.48. The van der Waals surface area contributed by atoms with Gasteiger partial charge in [-0.05, 0) is 42.3 Å². The molecule has 0 aliphatic rings. The molecule has 0 bridgehead atoms. The van der Waals surface area contributed by atoms with E-state index in [1.165, 1.54) is 5.56 Å². The topological polar surface area (TPSA) is 29.3 Å². The summed E-state index contributed by atoms with van der Waals surface area (Å²) in [6.45, 7) is 2.77. The third-order valence-corrected chi connectivity index (χ3v) is 4.10. The van der Waals surface area contributed by atoms with Gasteiger partial charge in [-0.15, -0.1) is 0 Å². The fourth-order valence-electron chi connectivity index (χ4n) is 2.08. The van der Waals surface area contributed by atoms with E-state index in [0.717, 1.165) is 27.3 Å². The summed E-state index contributed by atoms with van der Waals surface area (Å²) in [7, 11) is 2.05. The molecule has 0 radical (unpaired) electrons. The van der Waals surface area contributed by atoms with Crippen LogP contribution in [0.1, 0.15) is 24.1 Å². The molecule has 0 saturated heterocycles. The van der Waals surface area contributed by atoms with Crippen molar-refractivity contribution in [2.24, 2.45) is 5.73 Å². The number of rotatable bonds is 4. The SMILES string of the molecule is CC(N)c1ccc(N(C)Cc2ccc(Br)cc2)cc1Cl. The normalized spacial score (nSPS) is 12.2. The largest absolute Gasteiger partial charge is 0.370 e. The lowest BCUT2D eigenvalue weighted by Gasteiger charge is -2.21. The third-order valence-electron chi connectivity index (χ3n) is 3.25. The maximum absolute atomic E-state index is 6.28. The highest BCUT2D eigenvalue weighted by Crippen LogP contribution is 2.27. The van der Waals surface area contributed by atoms with Crippen molar-refractivity contribution in [1.82, 2.24) is 0 Å². The molecule has 1 atom stereocenters. The molecule has 0 spiro atoms. The Hall–Kier alpha value is -1.03. The Labute approximate surface area is 133 Å². The molecule has 0 heterocycles. The molecule has 0 aromatic heterocycles. The summed E-state index contributed by atoms with van der Waals surface area (Å²) < 4.78 is 1.09. The molecule has 20 heavy (non-hydrogen) atoms. The minimum absolute atomic E-state index is 0.0478. The summed E-state index contributed by atoms with van der Waals surface area (Å²) in [5, 5.41) is 0.722. The Morgan fingerprint density at radius 1 is 1.20 bits per heavy atom. The van der Waals surface area contributed by atoms with Gasteiger partial charge in [0, 0.05) is 34.8 Å². The predicted octanol–water partition coefficient (Wildman–Crippen LogP) is 4.76. The standard InChI is InChI=1S/C16H18BrClN2/c1-11(19)15-8-7-14(9-16(15)18)20(2)10-12-3-5-13(17)6-4-12/h3-9,11H,10,19H2,1-2H3.